The van der Waals surface area contributed by atoms with Crippen molar-refractivity contribution in [1.82, 2.24) is 4.90 Å². The fraction of sp³-hybridized carbons (Fsp3) is 1.00. The second-order valence-electron chi connectivity index (χ2n) is 6.36. The van der Waals surface area contributed by atoms with Gasteiger partial charge in [-0.05, 0) is 43.7 Å². The zero-order valence-corrected chi connectivity index (χ0v) is 11.6. The van der Waals surface area contributed by atoms with Crippen molar-refractivity contribution in [3.8, 4) is 0 Å². The van der Waals surface area contributed by atoms with Crippen molar-refractivity contribution in [3.05, 3.63) is 0 Å². The molecule has 0 bridgehead atoms. The number of hydrogen-bond acceptors (Lipinski definition) is 2. The molecule has 0 aromatic heterocycles. The van der Waals surface area contributed by atoms with E-state index in [4.69, 9.17) is 5.73 Å². The van der Waals surface area contributed by atoms with Gasteiger partial charge in [0.25, 0.3) is 0 Å². The highest BCUT2D eigenvalue weighted by Gasteiger charge is 2.30. The van der Waals surface area contributed by atoms with E-state index in [9.17, 15) is 0 Å². The highest BCUT2D eigenvalue weighted by atomic mass is 15.2. The van der Waals surface area contributed by atoms with Crippen LogP contribution in [0.4, 0.5) is 0 Å². The first-order valence-corrected chi connectivity index (χ1v) is 6.93. The number of hydrogen-bond donors (Lipinski definition) is 1. The maximum absolute atomic E-state index is 5.97. The lowest BCUT2D eigenvalue weighted by molar-refractivity contribution is 0.107. The van der Waals surface area contributed by atoms with E-state index in [1.165, 1.54) is 38.8 Å². The average Bonchev–Trinajstić information content (AvgIpc) is 2.42. The van der Waals surface area contributed by atoms with Gasteiger partial charge in [-0.15, -0.1) is 0 Å². The zero-order chi connectivity index (χ0) is 12.2. The summed E-state index contributed by atoms with van der Waals surface area (Å²) in [7, 11) is 0. The average molecular weight is 226 g/mol. The highest BCUT2D eigenvalue weighted by Crippen LogP contribution is 2.28. The molecule has 0 aliphatic carbocycles. The van der Waals surface area contributed by atoms with E-state index in [1.54, 1.807) is 0 Å². The monoisotopic (exact) mass is 226 g/mol. The summed E-state index contributed by atoms with van der Waals surface area (Å²) in [6, 6.07) is 0.545. The van der Waals surface area contributed by atoms with E-state index in [1.807, 2.05) is 0 Å². The van der Waals surface area contributed by atoms with Gasteiger partial charge in [-0.1, -0.05) is 34.1 Å². The SMILES string of the molecule is CCC1CCCN(C(CN)C(C)(C)C)CC1. The van der Waals surface area contributed by atoms with E-state index in [2.05, 4.69) is 32.6 Å². The molecule has 2 atom stereocenters. The largest absolute Gasteiger partial charge is 0.329 e. The van der Waals surface area contributed by atoms with Crippen LogP contribution in [0.2, 0.25) is 0 Å². The topological polar surface area (TPSA) is 29.3 Å². The van der Waals surface area contributed by atoms with Crippen molar-refractivity contribution in [2.45, 2.75) is 59.4 Å². The minimum atomic E-state index is 0.306. The molecule has 1 rings (SSSR count). The molecule has 2 heteroatoms. The first-order chi connectivity index (χ1) is 7.49. The second-order valence-corrected chi connectivity index (χ2v) is 6.36. The van der Waals surface area contributed by atoms with E-state index >= 15 is 0 Å². The first kappa shape index (κ1) is 14.0. The predicted molar refractivity (Wildman–Crippen MR) is 71.5 cm³/mol. The van der Waals surface area contributed by atoms with E-state index in [0.29, 0.717) is 11.5 Å². The van der Waals surface area contributed by atoms with Gasteiger partial charge in [0.15, 0.2) is 0 Å². The second kappa shape index (κ2) is 6.02. The van der Waals surface area contributed by atoms with Crippen molar-refractivity contribution in [2.75, 3.05) is 19.6 Å². The van der Waals surface area contributed by atoms with Crippen LogP contribution >= 0.6 is 0 Å². The third-order valence-electron chi connectivity index (χ3n) is 4.12. The summed E-state index contributed by atoms with van der Waals surface area (Å²) < 4.78 is 0. The maximum Gasteiger partial charge on any atom is 0.0266 e. The molecular weight excluding hydrogens is 196 g/mol. The van der Waals surface area contributed by atoms with Crippen LogP contribution in [0.15, 0.2) is 0 Å². The molecule has 16 heavy (non-hydrogen) atoms. The molecule has 0 amide bonds. The molecule has 0 spiro atoms. The molecule has 96 valence electrons. The van der Waals surface area contributed by atoms with Crippen molar-refractivity contribution < 1.29 is 0 Å². The van der Waals surface area contributed by atoms with Crippen molar-refractivity contribution in [1.29, 1.82) is 0 Å². The van der Waals surface area contributed by atoms with Crippen molar-refractivity contribution >= 4 is 0 Å². The van der Waals surface area contributed by atoms with Gasteiger partial charge in [-0.2, -0.15) is 0 Å². The third kappa shape index (κ3) is 3.74. The van der Waals surface area contributed by atoms with Crippen molar-refractivity contribution in [2.24, 2.45) is 17.1 Å². The molecule has 1 aliphatic heterocycles. The van der Waals surface area contributed by atoms with Crippen LogP contribution in [0, 0.1) is 11.3 Å². The van der Waals surface area contributed by atoms with Gasteiger partial charge < -0.3 is 5.73 Å². The Hall–Kier alpha value is -0.0800. The fourth-order valence-electron chi connectivity index (χ4n) is 2.96. The molecule has 1 fully saturated rings. The highest BCUT2D eigenvalue weighted by molar-refractivity contribution is 4.85. The Morgan fingerprint density at radius 3 is 2.44 bits per heavy atom. The summed E-state index contributed by atoms with van der Waals surface area (Å²) in [6.07, 6.45) is 5.47. The molecule has 0 saturated carbocycles. The van der Waals surface area contributed by atoms with Gasteiger partial charge in [0.2, 0.25) is 0 Å². The van der Waals surface area contributed by atoms with Crippen LogP contribution in [-0.4, -0.2) is 30.6 Å². The molecule has 0 radical (unpaired) electrons. The van der Waals surface area contributed by atoms with Crippen molar-refractivity contribution in [3.63, 3.8) is 0 Å². The maximum atomic E-state index is 5.97. The molecule has 1 saturated heterocycles. The van der Waals surface area contributed by atoms with E-state index in [-0.39, 0.29) is 0 Å². The molecule has 2 nitrogen and oxygen atoms in total. The Morgan fingerprint density at radius 1 is 1.25 bits per heavy atom. The third-order valence-corrected chi connectivity index (χ3v) is 4.12. The Bertz CT molecular complexity index is 195. The predicted octanol–water partition coefficient (Wildman–Crippen LogP) is 2.87. The standard InChI is InChI=1S/C14H30N2/c1-5-12-7-6-9-16(10-8-12)13(11-15)14(2,3)4/h12-13H,5-11,15H2,1-4H3. The van der Waals surface area contributed by atoms with Crippen LogP contribution < -0.4 is 5.73 Å². The lowest BCUT2D eigenvalue weighted by atomic mass is 9.85. The van der Waals surface area contributed by atoms with Gasteiger partial charge in [-0.25, -0.2) is 0 Å². The van der Waals surface area contributed by atoms with E-state index in [0.717, 1.165) is 12.5 Å². The van der Waals surface area contributed by atoms with E-state index < -0.39 is 0 Å². The lowest BCUT2D eigenvalue weighted by Gasteiger charge is -2.39. The number of nitrogens with two attached hydrogens (primary N) is 1. The zero-order valence-electron chi connectivity index (χ0n) is 11.6. The number of likely N-dealkylation sites (tertiary alicyclic amines) is 1. The summed E-state index contributed by atoms with van der Waals surface area (Å²) in [5, 5.41) is 0. The molecule has 1 heterocycles. The Balaban J connectivity index is 2.58. The molecule has 2 unspecified atom stereocenters. The minimum absolute atomic E-state index is 0.306. The van der Waals surface area contributed by atoms with Gasteiger partial charge in [0.05, 0.1) is 0 Å². The van der Waals surface area contributed by atoms with Gasteiger partial charge in [0, 0.05) is 12.6 Å². The Kier molecular flexibility index (Phi) is 5.26. The Morgan fingerprint density at radius 2 is 1.94 bits per heavy atom. The summed E-state index contributed by atoms with van der Waals surface area (Å²) in [6.45, 7) is 12.5. The Labute approximate surface area is 102 Å². The van der Waals surface area contributed by atoms with Gasteiger partial charge >= 0.3 is 0 Å². The lowest BCUT2D eigenvalue weighted by Crippen LogP contribution is -2.49. The minimum Gasteiger partial charge on any atom is -0.329 e. The summed E-state index contributed by atoms with van der Waals surface area (Å²) >= 11 is 0. The van der Waals surface area contributed by atoms with Crippen LogP contribution in [0.1, 0.15) is 53.4 Å². The summed E-state index contributed by atoms with van der Waals surface area (Å²) in [5.74, 6) is 0.948. The summed E-state index contributed by atoms with van der Waals surface area (Å²) in [5.41, 5.74) is 6.27. The molecular formula is C14H30N2. The van der Waals surface area contributed by atoms with Crippen LogP contribution in [0.25, 0.3) is 0 Å². The molecule has 0 aromatic carbocycles. The number of rotatable bonds is 3. The normalized spacial score (nSPS) is 26.4. The van der Waals surface area contributed by atoms with Crippen LogP contribution in [0.5, 0.6) is 0 Å². The molecule has 0 aromatic rings. The van der Waals surface area contributed by atoms with Gasteiger partial charge in [-0.3, -0.25) is 4.90 Å². The summed E-state index contributed by atoms with van der Waals surface area (Å²) in [4.78, 5) is 2.63. The number of nitrogens with zero attached hydrogens (tertiary/aromatic N) is 1. The molecule has 2 N–H and O–H groups in total. The van der Waals surface area contributed by atoms with Crippen LogP contribution in [0.3, 0.4) is 0 Å². The quantitative estimate of drug-likeness (QED) is 0.802. The smallest absolute Gasteiger partial charge is 0.0266 e. The molecule has 1 aliphatic rings. The first-order valence-electron chi connectivity index (χ1n) is 6.93. The van der Waals surface area contributed by atoms with Crippen LogP contribution in [-0.2, 0) is 0 Å². The van der Waals surface area contributed by atoms with Gasteiger partial charge in [0.1, 0.15) is 0 Å². The fourth-order valence-corrected chi connectivity index (χ4v) is 2.96.